The van der Waals surface area contributed by atoms with Crippen LogP contribution in [0.4, 0.5) is 11.4 Å². The lowest BCUT2D eigenvalue weighted by molar-refractivity contribution is 0.0595. The van der Waals surface area contributed by atoms with Crippen LogP contribution in [0.2, 0.25) is 0 Å². The SMILES string of the molecule is Cl.O=S1(=O)CSc2cc(NCC3CCCOC3)ccc2N1. The van der Waals surface area contributed by atoms with Gasteiger partial charge in [-0.2, -0.15) is 0 Å². The topological polar surface area (TPSA) is 67.4 Å². The third kappa shape index (κ3) is 4.42. The second-order valence-corrected chi connectivity index (χ2v) is 8.26. The van der Waals surface area contributed by atoms with E-state index in [-0.39, 0.29) is 17.5 Å². The molecule has 0 aromatic heterocycles. The number of thioether (sulfide) groups is 1. The summed E-state index contributed by atoms with van der Waals surface area (Å²) in [5, 5.41) is 3.50. The minimum Gasteiger partial charge on any atom is -0.385 e. The Kier molecular flexibility index (Phi) is 5.65. The molecule has 118 valence electrons. The Bertz CT molecular complexity index is 589. The maximum absolute atomic E-state index is 11.5. The highest BCUT2D eigenvalue weighted by atomic mass is 35.5. The van der Waals surface area contributed by atoms with Crippen molar-refractivity contribution >= 4 is 45.6 Å². The van der Waals surface area contributed by atoms with Gasteiger partial charge >= 0.3 is 0 Å². The van der Waals surface area contributed by atoms with Gasteiger partial charge in [0, 0.05) is 23.7 Å². The fourth-order valence-corrected chi connectivity index (χ4v) is 4.83. The second-order valence-electron chi connectivity index (χ2n) is 5.15. The summed E-state index contributed by atoms with van der Waals surface area (Å²) in [5.41, 5.74) is 1.70. The van der Waals surface area contributed by atoms with Crippen LogP contribution in [0.5, 0.6) is 0 Å². The standard InChI is InChI=1S/C13H18N2O3S2.ClH/c16-20(17)9-19-13-6-11(3-4-12(13)15-20)14-7-10-2-1-5-18-8-10;/h3-4,6,10,14-15H,1-2,5,7-9H2;1H. The van der Waals surface area contributed by atoms with Crippen LogP contribution in [-0.4, -0.2) is 33.3 Å². The van der Waals surface area contributed by atoms with Crippen LogP contribution in [0.3, 0.4) is 0 Å². The van der Waals surface area contributed by atoms with Crippen molar-refractivity contribution in [2.45, 2.75) is 17.7 Å². The molecule has 2 N–H and O–H groups in total. The Morgan fingerprint density at radius 1 is 1.43 bits per heavy atom. The van der Waals surface area contributed by atoms with E-state index >= 15 is 0 Å². The van der Waals surface area contributed by atoms with Crippen molar-refractivity contribution < 1.29 is 13.2 Å². The zero-order chi connectivity index (χ0) is 14.0. The number of hydrogen-bond acceptors (Lipinski definition) is 5. The van der Waals surface area contributed by atoms with Crippen LogP contribution in [0.15, 0.2) is 23.1 Å². The Hall–Kier alpha value is -0.630. The Balaban J connectivity index is 0.00000161. The van der Waals surface area contributed by atoms with Crippen molar-refractivity contribution in [1.29, 1.82) is 0 Å². The fraction of sp³-hybridized carbons (Fsp3) is 0.538. The zero-order valence-electron chi connectivity index (χ0n) is 11.5. The Labute approximate surface area is 135 Å². The molecular weight excluding hydrogens is 332 g/mol. The van der Waals surface area contributed by atoms with Crippen molar-refractivity contribution in [3.05, 3.63) is 18.2 Å². The molecule has 3 rings (SSSR count). The highest BCUT2D eigenvalue weighted by Crippen LogP contribution is 2.35. The maximum atomic E-state index is 11.5. The van der Waals surface area contributed by atoms with Crippen molar-refractivity contribution in [2.75, 3.05) is 34.9 Å². The fourth-order valence-electron chi connectivity index (χ4n) is 2.40. The van der Waals surface area contributed by atoms with Crippen LogP contribution in [0.1, 0.15) is 12.8 Å². The quantitative estimate of drug-likeness (QED) is 0.877. The first-order valence-corrected chi connectivity index (χ1v) is 9.35. The molecule has 21 heavy (non-hydrogen) atoms. The third-order valence-electron chi connectivity index (χ3n) is 3.47. The molecule has 0 saturated carbocycles. The van der Waals surface area contributed by atoms with Crippen LogP contribution in [0.25, 0.3) is 0 Å². The molecule has 2 aliphatic rings. The average Bonchev–Trinajstić information content (AvgIpc) is 2.45. The first kappa shape index (κ1) is 16.7. The van der Waals surface area contributed by atoms with Gasteiger partial charge in [0.25, 0.3) is 0 Å². The van der Waals surface area contributed by atoms with Gasteiger partial charge in [-0.3, -0.25) is 4.72 Å². The summed E-state index contributed by atoms with van der Waals surface area (Å²) in [6.45, 7) is 2.60. The highest BCUT2D eigenvalue weighted by molar-refractivity contribution is 8.13. The number of sulfonamides is 1. The molecule has 1 fully saturated rings. The van der Waals surface area contributed by atoms with Gasteiger partial charge in [0.1, 0.15) is 5.08 Å². The normalized spacial score (nSPS) is 23.3. The van der Waals surface area contributed by atoms with E-state index in [0.717, 1.165) is 36.8 Å². The third-order valence-corrected chi connectivity index (χ3v) is 6.36. The molecule has 0 bridgehead atoms. The van der Waals surface area contributed by atoms with Gasteiger partial charge in [-0.1, -0.05) is 0 Å². The van der Waals surface area contributed by atoms with Crippen molar-refractivity contribution in [2.24, 2.45) is 5.92 Å². The van der Waals surface area contributed by atoms with Crippen LogP contribution in [0, 0.1) is 5.92 Å². The van der Waals surface area contributed by atoms with Gasteiger partial charge in [0.05, 0.1) is 12.3 Å². The highest BCUT2D eigenvalue weighted by Gasteiger charge is 2.21. The largest absolute Gasteiger partial charge is 0.385 e. The molecular formula is C13H19ClN2O3S2. The smallest absolute Gasteiger partial charge is 0.242 e. The van der Waals surface area contributed by atoms with Crippen LogP contribution < -0.4 is 10.0 Å². The van der Waals surface area contributed by atoms with Crippen molar-refractivity contribution in [3.8, 4) is 0 Å². The number of fused-ring (bicyclic) bond motifs is 1. The van der Waals surface area contributed by atoms with E-state index in [0.29, 0.717) is 11.6 Å². The number of hydrogen-bond donors (Lipinski definition) is 2. The van der Waals surface area contributed by atoms with E-state index in [1.807, 2.05) is 18.2 Å². The summed E-state index contributed by atoms with van der Waals surface area (Å²) >= 11 is 1.36. The summed E-state index contributed by atoms with van der Waals surface area (Å²) in [6, 6.07) is 5.74. The van der Waals surface area contributed by atoms with Crippen molar-refractivity contribution in [3.63, 3.8) is 0 Å². The van der Waals surface area contributed by atoms with E-state index < -0.39 is 10.0 Å². The number of halogens is 1. The Morgan fingerprint density at radius 3 is 3.05 bits per heavy atom. The minimum absolute atomic E-state index is 0. The van der Waals surface area contributed by atoms with Gasteiger partial charge in [-0.15, -0.1) is 24.2 Å². The molecule has 1 unspecified atom stereocenters. The van der Waals surface area contributed by atoms with E-state index in [4.69, 9.17) is 4.74 Å². The van der Waals surface area contributed by atoms with E-state index in [1.54, 1.807) is 0 Å². The minimum atomic E-state index is -3.16. The monoisotopic (exact) mass is 350 g/mol. The predicted molar refractivity (Wildman–Crippen MR) is 89.0 cm³/mol. The number of rotatable bonds is 3. The predicted octanol–water partition coefficient (Wildman–Crippen LogP) is 2.75. The molecule has 0 amide bonds. The molecule has 1 aromatic rings. The number of benzene rings is 1. The first-order chi connectivity index (χ1) is 9.62. The molecule has 1 saturated heterocycles. The summed E-state index contributed by atoms with van der Waals surface area (Å²) < 4.78 is 31.0. The molecule has 1 atom stereocenters. The van der Waals surface area contributed by atoms with Gasteiger partial charge < -0.3 is 10.1 Å². The summed E-state index contributed by atoms with van der Waals surface area (Å²) in [7, 11) is -3.16. The second kappa shape index (κ2) is 7.09. The molecule has 0 aliphatic carbocycles. The van der Waals surface area contributed by atoms with E-state index in [2.05, 4.69) is 10.0 Å². The van der Waals surface area contributed by atoms with Crippen molar-refractivity contribution in [1.82, 2.24) is 0 Å². The van der Waals surface area contributed by atoms with Gasteiger partial charge in [0.15, 0.2) is 0 Å². The number of nitrogens with one attached hydrogen (secondary N) is 2. The lowest BCUT2D eigenvalue weighted by Gasteiger charge is -2.23. The summed E-state index contributed by atoms with van der Waals surface area (Å²) in [6.07, 6.45) is 2.33. The van der Waals surface area contributed by atoms with Gasteiger partial charge in [-0.05, 0) is 37.0 Å². The van der Waals surface area contributed by atoms with Gasteiger partial charge in [-0.25, -0.2) is 8.42 Å². The molecule has 2 heterocycles. The van der Waals surface area contributed by atoms with E-state index in [9.17, 15) is 8.42 Å². The molecule has 2 aliphatic heterocycles. The lowest BCUT2D eigenvalue weighted by Crippen LogP contribution is -2.24. The van der Waals surface area contributed by atoms with E-state index in [1.165, 1.54) is 18.2 Å². The molecule has 1 aromatic carbocycles. The maximum Gasteiger partial charge on any atom is 0.242 e. The van der Waals surface area contributed by atoms with Crippen LogP contribution in [-0.2, 0) is 14.8 Å². The van der Waals surface area contributed by atoms with Crippen LogP contribution >= 0.6 is 24.2 Å². The Morgan fingerprint density at radius 2 is 2.29 bits per heavy atom. The lowest BCUT2D eigenvalue weighted by atomic mass is 10.0. The summed E-state index contributed by atoms with van der Waals surface area (Å²) in [4.78, 5) is 0.977. The molecule has 8 heteroatoms. The summed E-state index contributed by atoms with van der Waals surface area (Å²) in [5.74, 6) is 0.561. The molecule has 0 radical (unpaired) electrons. The number of anilines is 2. The molecule has 5 nitrogen and oxygen atoms in total. The molecule has 0 spiro atoms. The van der Waals surface area contributed by atoms with Gasteiger partial charge in [0.2, 0.25) is 10.0 Å². The zero-order valence-corrected chi connectivity index (χ0v) is 14.0. The average molecular weight is 351 g/mol. The first-order valence-electron chi connectivity index (χ1n) is 6.71. The number of ether oxygens (including phenoxy) is 1.